The summed E-state index contributed by atoms with van der Waals surface area (Å²) in [5, 5.41) is 10.8. The predicted molar refractivity (Wildman–Crippen MR) is 129 cm³/mol. The second kappa shape index (κ2) is 8.20. The Morgan fingerprint density at radius 3 is 2.59 bits per heavy atom. The maximum absolute atomic E-state index is 13.9. The molecule has 9 heteroatoms. The number of fused-ring (bicyclic) bond motifs is 5. The maximum atomic E-state index is 13.9. The van der Waals surface area contributed by atoms with Crippen LogP contribution in [0.5, 0.6) is 5.75 Å². The molecule has 0 fully saturated rings. The van der Waals surface area contributed by atoms with Gasteiger partial charge in [0.25, 0.3) is 5.56 Å². The number of methoxy groups -OCH3 is 1. The lowest BCUT2D eigenvalue weighted by molar-refractivity contribution is 0.00200. The summed E-state index contributed by atoms with van der Waals surface area (Å²) in [7, 11) is 1.63. The first-order chi connectivity index (χ1) is 15.4. The van der Waals surface area contributed by atoms with Crippen LogP contribution in [0.4, 0.5) is 0 Å². The zero-order valence-electron chi connectivity index (χ0n) is 18.8. The summed E-state index contributed by atoms with van der Waals surface area (Å²) in [6.45, 7) is 9.12. The van der Waals surface area contributed by atoms with E-state index in [1.165, 1.54) is 0 Å². The van der Waals surface area contributed by atoms with Crippen LogP contribution in [-0.2, 0) is 17.8 Å². The number of thioether (sulfide) groups is 1. The Balaban J connectivity index is 1.84. The standard InChI is InChI=1S/C23H26N4O3S2/c1-12(2)17-10-16-18(11-30-17)32-21-19(16)20(28)26(14-6-8-15(29-5)9-7-14)22-24-25-23(27(21)22)31-13(3)4/h6-9,12-13,17H,10-11H2,1-5H3/t17-/m1/s1. The van der Waals surface area contributed by atoms with Gasteiger partial charge in [-0.1, -0.05) is 39.5 Å². The first kappa shape index (κ1) is 21.5. The van der Waals surface area contributed by atoms with E-state index in [1.807, 2.05) is 28.7 Å². The van der Waals surface area contributed by atoms with Crippen molar-refractivity contribution < 1.29 is 9.47 Å². The monoisotopic (exact) mass is 470 g/mol. The van der Waals surface area contributed by atoms with Crippen LogP contribution in [0.15, 0.2) is 34.2 Å². The fourth-order valence-corrected chi connectivity index (χ4v) is 6.20. The highest BCUT2D eigenvalue weighted by Gasteiger charge is 2.30. The lowest BCUT2D eigenvalue weighted by atomic mass is 9.96. The molecule has 0 saturated carbocycles. The van der Waals surface area contributed by atoms with E-state index in [-0.39, 0.29) is 11.7 Å². The Bertz CT molecular complexity index is 1350. The zero-order valence-corrected chi connectivity index (χ0v) is 20.4. The third-order valence-electron chi connectivity index (χ3n) is 5.76. The molecule has 0 N–H and O–H groups in total. The third kappa shape index (κ3) is 3.43. The van der Waals surface area contributed by atoms with Crippen LogP contribution < -0.4 is 10.3 Å². The van der Waals surface area contributed by atoms with Crippen molar-refractivity contribution in [2.45, 2.75) is 57.2 Å². The number of nitrogens with zero attached hydrogens (tertiary/aromatic N) is 4. The molecule has 1 aliphatic rings. The van der Waals surface area contributed by atoms with E-state index in [9.17, 15) is 4.79 Å². The molecule has 32 heavy (non-hydrogen) atoms. The van der Waals surface area contributed by atoms with Crippen LogP contribution in [0.25, 0.3) is 21.7 Å². The van der Waals surface area contributed by atoms with E-state index in [2.05, 4.69) is 37.9 Å². The highest BCUT2D eigenvalue weighted by molar-refractivity contribution is 7.99. The molecule has 168 valence electrons. The molecule has 0 saturated heterocycles. The molecule has 1 aromatic carbocycles. The molecule has 5 rings (SSSR count). The van der Waals surface area contributed by atoms with Gasteiger partial charge in [0.15, 0.2) is 5.16 Å². The maximum Gasteiger partial charge on any atom is 0.268 e. The van der Waals surface area contributed by atoms with Gasteiger partial charge in [0.1, 0.15) is 10.6 Å². The summed E-state index contributed by atoms with van der Waals surface area (Å²) in [6.07, 6.45) is 0.848. The number of aromatic nitrogens is 4. The molecule has 0 amide bonds. The number of hydrogen-bond acceptors (Lipinski definition) is 7. The van der Waals surface area contributed by atoms with Crippen LogP contribution in [0.1, 0.15) is 38.1 Å². The number of thiophene rings is 1. The van der Waals surface area contributed by atoms with Crippen molar-refractivity contribution in [2.24, 2.45) is 5.92 Å². The fraction of sp³-hybridized carbons (Fsp3) is 0.435. The molecular formula is C23H26N4O3S2. The van der Waals surface area contributed by atoms with Crippen LogP contribution in [-0.4, -0.2) is 37.6 Å². The molecule has 0 radical (unpaired) electrons. The van der Waals surface area contributed by atoms with Crippen molar-refractivity contribution in [3.63, 3.8) is 0 Å². The molecule has 7 nitrogen and oxygen atoms in total. The molecule has 0 bridgehead atoms. The highest BCUT2D eigenvalue weighted by atomic mass is 32.2. The highest BCUT2D eigenvalue weighted by Crippen LogP contribution is 2.38. The van der Waals surface area contributed by atoms with E-state index in [4.69, 9.17) is 9.47 Å². The summed E-state index contributed by atoms with van der Waals surface area (Å²) in [5.74, 6) is 1.64. The summed E-state index contributed by atoms with van der Waals surface area (Å²) < 4.78 is 15.1. The molecule has 0 unspecified atom stereocenters. The Kier molecular flexibility index (Phi) is 5.51. The first-order valence-electron chi connectivity index (χ1n) is 10.8. The number of benzene rings is 1. The second-order valence-corrected chi connectivity index (χ2v) is 11.2. The van der Waals surface area contributed by atoms with E-state index in [0.717, 1.165) is 43.7 Å². The summed E-state index contributed by atoms with van der Waals surface area (Å²) in [5.41, 5.74) is 1.79. The summed E-state index contributed by atoms with van der Waals surface area (Å²) >= 11 is 3.27. The van der Waals surface area contributed by atoms with Crippen molar-refractivity contribution >= 4 is 39.1 Å². The topological polar surface area (TPSA) is 70.7 Å². The average Bonchev–Trinajstić information content (AvgIpc) is 3.34. The lowest BCUT2D eigenvalue weighted by Crippen LogP contribution is -2.28. The fourth-order valence-electron chi connectivity index (χ4n) is 4.12. The van der Waals surface area contributed by atoms with Gasteiger partial charge in [0.2, 0.25) is 5.78 Å². The Morgan fingerprint density at radius 2 is 1.94 bits per heavy atom. The SMILES string of the molecule is COc1ccc(-n2c(=O)c3c4c(sc3n3c(SC(C)C)nnc23)CO[C@@H](C(C)C)C4)cc1. The van der Waals surface area contributed by atoms with Crippen molar-refractivity contribution in [3.8, 4) is 11.4 Å². The largest absolute Gasteiger partial charge is 0.497 e. The van der Waals surface area contributed by atoms with Crippen molar-refractivity contribution in [1.82, 2.24) is 19.2 Å². The van der Waals surface area contributed by atoms with Crippen LogP contribution >= 0.6 is 23.1 Å². The molecule has 3 aromatic heterocycles. The molecule has 0 aliphatic carbocycles. The number of hydrogen-bond donors (Lipinski definition) is 0. The van der Waals surface area contributed by atoms with Gasteiger partial charge in [0, 0.05) is 16.5 Å². The van der Waals surface area contributed by atoms with Crippen molar-refractivity contribution in [2.75, 3.05) is 7.11 Å². The summed E-state index contributed by atoms with van der Waals surface area (Å²) in [4.78, 5) is 16.0. The molecule has 4 heterocycles. The predicted octanol–water partition coefficient (Wildman–Crippen LogP) is 4.70. The number of rotatable bonds is 5. The minimum atomic E-state index is -0.0620. The van der Waals surface area contributed by atoms with E-state index in [1.54, 1.807) is 34.8 Å². The zero-order chi connectivity index (χ0) is 22.6. The van der Waals surface area contributed by atoms with E-state index in [0.29, 0.717) is 23.6 Å². The molecule has 4 aromatic rings. The second-order valence-electron chi connectivity index (χ2n) is 8.60. The van der Waals surface area contributed by atoms with Gasteiger partial charge in [-0.3, -0.25) is 4.79 Å². The van der Waals surface area contributed by atoms with Crippen LogP contribution in [0.2, 0.25) is 0 Å². The molecule has 0 spiro atoms. The normalized spacial score (nSPS) is 16.4. The van der Waals surface area contributed by atoms with Gasteiger partial charge >= 0.3 is 0 Å². The summed E-state index contributed by atoms with van der Waals surface area (Å²) in [6, 6.07) is 7.48. The van der Waals surface area contributed by atoms with Gasteiger partial charge < -0.3 is 9.47 Å². The third-order valence-corrected chi connectivity index (χ3v) is 7.89. The quantitative estimate of drug-likeness (QED) is 0.394. The van der Waals surface area contributed by atoms with Crippen LogP contribution in [0.3, 0.4) is 0 Å². The van der Waals surface area contributed by atoms with E-state index >= 15 is 0 Å². The Hall–Kier alpha value is -2.36. The Morgan fingerprint density at radius 1 is 1.19 bits per heavy atom. The molecule has 1 aliphatic heterocycles. The minimum Gasteiger partial charge on any atom is -0.497 e. The average molecular weight is 471 g/mol. The number of ether oxygens (including phenoxy) is 2. The van der Waals surface area contributed by atoms with Gasteiger partial charge in [-0.25, -0.2) is 8.97 Å². The molecular weight excluding hydrogens is 444 g/mol. The molecule has 1 atom stereocenters. The van der Waals surface area contributed by atoms with Gasteiger partial charge in [0.05, 0.1) is 30.9 Å². The smallest absolute Gasteiger partial charge is 0.268 e. The Labute approximate surface area is 194 Å². The lowest BCUT2D eigenvalue weighted by Gasteiger charge is -2.26. The van der Waals surface area contributed by atoms with E-state index < -0.39 is 0 Å². The van der Waals surface area contributed by atoms with Gasteiger partial charge in [-0.2, -0.15) is 0 Å². The van der Waals surface area contributed by atoms with Crippen LogP contribution in [0, 0.1) is 5.92 Å². The first-order valence-corrected chi connectivity index (χ1v) is 12.5. The minimum absolute atomic E-state index is 0.0620. The van der Waals surface area contributed by atoms with Crippen molar-refractivity contribution in [1.29, 1.82) is 0 Å². The van der Waals surface area contributed by atoms with Gasteiger partial charge in [-0.15, -0.1) is 21.5 Å². The van der Waals surface area contributed by atoms with Gasteiger partial charge in [-0.05, 0) is 35.7 Å². The van der Waals surface area contributed by atoms with Crippen molar-refractivity contribution in [3.05, 3.63) is 45.1 Å².